The molecule has 2 rings (SSSR count). The summed E-state index contributed by atoms with van der Waals surface area (Å²) in [4.78, 5) is 3.46. The van der Waals surface area contributed by atoms with E-state index in [2.05, 4.69) is 9.17 Å². The van der Waals surface area contributed by atoms with Gasteiger partial charge in [0.1, 0.15) is 0 Å². The predicted molar refractivity (Wildman–Crippen MR) is 62.1 cm³/mol. The Bertz CT molecular complexity index is 810. The molecule has 20 heavy (non-hydrogen) atoms. The van der Waals surface area contributed by atoms with Gasteiger partial charge in [-0.15, -0.1) is 0 Å². The number of nitrogens with zero attached hydrogens (tertiary/aromatic N) is 2. The highest BCUT2D eigenvalue weighted by atomic mass is 32.2. The van der Waals surface area contributed by atoms with Crippen molar-refractivity contribution in [3.8, 4) is 11.9 Å². The lowest BCUT2D eigenvalue weighted by Crippen LogP contribution is -2.28. The molecule has 104 valence electrons. The maximum absolute atomic E-state index is 12.2. The molecule has 1 aromatic carbocycles. The van der Waals surface area contributed by atoms with Crippen molar-refractivity contribution in [3.05, 3.63) is 36.0 Å². The number of nitriles is 1. The number of hydrogen-bond donors (Lipinski definition) is 0. The summed E-state index contributed by atoms with van der Waals surface area (Å²) in [6.07, 6.45) is 1.08. The van der Waals surface area contributed by atoms with E-state index in [-0.39, 0.29) is 5.56 Å². The van der Waals surface area contributed by atoms with Crippen LogP contribution in [0.25, 0.3) is 10.8 Å². The third-order valence-electron chi connectivity index (χ3n) is 2.34. The normalized spacial score (nSPS) is 12.1. The van der Waals surface area contributed by atoms with Gasteiger partial charge in [-0.05, 0) is 11.5 Å². The lowest BCUT2D eigenvalue weighted by atomic mass is 10.1. The molecule has 0 amide bonds. The molecule has 2 aromatic rings. The first-order valence-electron chi connectivity index (χ1n) is 5.04. The van der Waals surface area contributed by atoms with Crippen LogP contribution in [0, 0.1) is 11.3 Å². The van der Waals surface area contributed by atoms with Crippen LogP contribution in [0.2, 0.25) is 0 Å². The number of rotatable bonds is 2. The van der Waals surface area contributed by atoms with Crippen molar-refractivity contribution >= 4 is 20.9 Å². The summed E-state index contributed by atoms with van der Waals surface area (Å²) in [6.45, 7) is 0. The highest BCUT2D eigenvalue weighted by Gasteiger charge is 2.48. The number of alkyl halides is 3. The summed E-state index contributed by atoms with van der Waals surface area (Å²) in [5.74, 6) is -0.718. The summed E-state index contributed by atoms with van der Waals surface area (Å²) in [5, 5.41) is 9.56. The van der Waals surface area contributed by atoms with E-state index in [0.717, 1.165) is 12.3 Å². The SMILES string of the molecule is N#Cc1cccc2cc(OS(=O)(=O)C(F)(F)F)ncc12. The van der Waals surface area contributed by atoms with E-state index in [1.807, 2.05) is 6.07 Å². The lowest BCUT2D eigenvalue weighted by Gasteiger charge is -2.09. The van der Waals surface area contributed by atoms with Gasteiger partial charge in [-0.3, -0.25) is 0 Å². The van der Waals surface area contributed by atoms with Crippen LogP contribution in [0.15, 0.2) is 30.5 Å². The smallest absolute Gasteiger partial charge is 0.355 e. The number of pyridine rings is 1. The van der Waals surface area contributed by atoms with E-state index in [1.54, 1.807) is 0 Å². The molecule has 0 spiro atoms. The lowest BCUT2D eigenvalue weighted by molar-refractivity contribution is -0.0501. The van der Waals surface area contributed by atoms with Gasteiger partial charge in [-0.1, -0.05) is 12.1 Å². The van der Waals surface area contributed by atoms with Crippen LogP contribution in [0.3, 0.4) is 0 Å². The molecule has 0 aliphatic rings. The Labute approximate surface area is 111 Å². The van der Waals surface area contributed by atoms with Gasteiger partial charge in [0.2, 0.25) is 5.88 Å². The Balaban J connectivity index is 2.47. The first-order chi connectivity index (χ1) is 9.24. The Morgan fingerprint density at radius 2 is 2.00 bits per heavy atom. The quantitative estimate of drug-likeness (QED) is 0.628. The standard InChI is InChI=1S/C11H5F3N2O3S/c12-11(13,14)20(17,18)19-10-4-7-2-1-3-8(5-15)9(7)6-16-10/h1-4,6H. The average Bonchev–Trinajstić information content (AvgIpc) is 2.35. The van der Waals surface area contributed by atoms with Crippen LogP contribution in [0.4, 0.5) is 13.2 Å². The third-order valence-corrected chi connectivity index (χ3v) is 3.30. The van der Waals surface area contributed by atoms with E-state index in [9.17, 15) is 21.6 Å². The Kier molecular flexibility index (Phi) is 3.27. The van der Waals surface area contributed by atoms with Gasteiger partial charge < -0.3 is 4.18 Å². The summed E-state index contributed by atoms with van der Waals surface area (Å²) in [7, 11) is -5.76. The Morgan fingerprint density at radius 1 is 1.30 bits per heavy atom. The van der Waals surface area contributed by atoms with E-state index in [0.29, 0.717) is 10.8 Å². The molecular formula is C11H5F3N2O3S. The largest absolute Gasteiger partial charge is 0.534 e. The van der Waals surface area contributed by atoms with Crippen molar-refractivity contribution in [1.82, 2.24) is 4.98 Å². The summed E-state index contributed by atoms with van der Waals surface area (Å²) >= 11 is 0. The maximum Gasteiger partial charge on any atom is 0.534 e. The number of fused-ring (bicyclic) bond motifs is 1. The topological polar surface area (TPSA) is 80.0 Å². The molecule has 0 fully saturated rings. The zero-order valence-corrected chi connectivity index (χ0v) is 10.4. The second kappa shape index (κ2) is 4.64. The molecule has 0 aliphatic carbocycles. The summed E-state index contributed by atoms with van der Waals surface area (Å²) in [5.41, 5.74) is -5.27. The van der Waals surface area contributed by atoms with Crippen molar-refractivity contribution in [3.63, 3.8) is 0 Å². The zero-order valence-electron chi connectivity index (χ0n) is 9.55. The van der Waals surface area contributed by atoms with Gasteiger partial charge in [0.05, 0.1) is 11.6 Å². The average molecular weight is 302 g/mol. The van der Waals surface area contributed by atoms with Crippen LogP contribution in [-0.4, -0.2) is 18.9 Å². The van der Waals surface area contributed by atoms with Gasteiger partial charge in [-0.2, -0.15) is 26.9 Å². The number of halogens is 3. The van der Waals surface area contributed by atoms with Gasteiger partial charge in [0.15, 0.2) is 0 Å². The molecular weight excluding hydrogens is 297 g/mol. The molecule has 0 N–H and O–H groups in total. The monoisotopic (exact) mass is 302 g/mol. The number of benzene rings is 1. The molecule has 0 radical (unpaired) electrons. The molecule has 0 atom stereocenters. The first kappa shape index (κ1) is 14.1. The fourth-order valence-corrected chi connectivity index (χ4v) is 1.86. The second-order valence-corrected chi connectivity index (χ2v) is 5.18. The zero-order chi connectivity index (χ0) is 15.0. The van der Waals surface area contributed by atoms with Gasteiger partial charge in [0.25, 0.3) is 0 Å². The third kappa shape index (κ3) is 2.50. The molecule has 0 aliphatic heterocycles. The van der Waals surface area contributed by atoms with E-state index < -0.39 is 21.5 Å². The Hall–Kier alpha value is -2.34. The van der Waals surface area contributed by atoms with Crippen molar-refractivity contribution < 1.29 is 25.8 Å². The van der Waals surface area contributed by atoms with Crippen molar-refractivity contribution in [1.29, 1.82) is 5.26 Å². The highest BCUT2D eigenvalue weighted by Crippen LogP contribution is 2.28. The predicted octanol–water partition coefficient (Wildman–Crippen LogP) is 2.33. The van der Waals surface area contributed by atoms with Crippen LogP contribution < -0.4 is 4.18 Å². The molecule has 1 aromatic heterocycles. The van der Waals surface area contributed by atoms with Gasteiger partial charge >= 0.3 is 15.6 Å². The maximum atomic E-state index is 12.2. The van der Waals surface area contributed by atoms with Gasteiger partial charge in [0, 0.05) is 17.6 Å². The molecule has 5 nitrogen and oxygen atoms in total. The molecule has 0 saturated heterocycles. The molecule has 1 heterocycles. The van der Waals surface area contributed by atoms with Crippen molar-refractivity contribution in [2.45, 2.75) is 5.51 Å². The summed E-state index contributed by atoms with van der Waals surface area (Å²) in [6, 6.07) is 7.39. The molecule has 0 unspecified atom stereocenters. The van der Waals surface area contributed by atoms with Crippen LogP contribution in [0.5, 0.6) is 5.88 Å². The second-order valence-electron chi connectivity index (χ2n) is 3.64. The first-order valence-corrected chi connectivity index (χ1v) is 6.45. The molecule has 0 bridgehead atoms. The van der Waals surface area contributed by atoms with Crippen LogP contribution in [0.1, 0.15) is 5.56 Å². The minimum atomic E-state index is -5.76. The van der Waals surface area contributed by atoms with E-state index >= 15 is 0 Å². The summed E-state index contributed by atoms with van der Waals surface area (Å²) < 4.78 is 62.1. The fourth-order valence-electron chi connectivity index (χ4n) is 1.45. The van der Waals surface area contributed by atoms with Crippen molar-refractivity contribution in [2.75, 3.05) is 0 Å². The van der Waals surface area contributed by atoms with E-state index in [1.165, 1.54) is 18.2 Å². The molecule has 9 heteroatoms. The number of hydrogen-bond acceptors (Lipinski definition) is 5. The minimum absolute atomic E-state index is 0.264. The van der Waals surface area contributed by atoms with Crippen molar-refractivity contribution in [2.24, 2.45) is 0 Å². The number of aromatic nitrogens is 1. The highest BCUT2D eigenvalue weighted by molar-refractivity contribution is 7.87. The fraction of sp³-hybridized carbons (Fsp3) is 0.0909. The van der Waals surface area contributed by atoms with E-state index in [4.69, 9.17) is 5.26 Å². The van der Waals surface area contributed by atoms with Gasteiger partial charge in [-0.25, -0.2) is 4.98 Å². The van der Waals surface area contributed by atoms with Crippen LogP contribution >= 0.6 is 0 Å². The van der Waals surface area contributed by atoms with Crippen LogP contribution in [-0.2, 0) is 10.1 Å². The Morgan fingerprint density at radius 3 is 2.60 bits per heavy atom. The minimum Gasteiger partial charge on any atom is -0.355 e. The molecule has 0 saturated carbocycles.